The third-order valence-corrected chi connectivity index (χ3v) is 2.64. The van der Waals surface area contributed by atoms with Gasteiger partial charge in [-0.2, -0.15) is 0 Å². The Morgan fingerprint density at radius 3 is 2.29 bits per heavy atom. The molecule has 0 spiro atoms. The molecule has 0 aliphatic heterocycles. The second-order valence-corrected chi connectivity index (χ2v) is 4.35. The van der Waals surface area contributed by atoms with Crippen molar-refractivity contribution in [2.24, 2.45) is 5.73 Å². The van der Waals surface area contributed by atoms with Crippen LogP contribution in [0.4, 0.5) is 0 Å². The summed E-state index contributed by atoms with van der Waals surface area (Å²) in [5, 5.41) is 2.83. The molecule has 0 saturated heterocycles. The lowest BCUT2D eigenvalue weighted by Crippen LogP contribution is -2.39. The van der Waals surface area contributed by atoms with E-state index in [2.05, 4.69) is 43.4 Å². The molecule has 1 unspecified atom stereocenters. The Balaban J connectivity index is 0.00000256. The summed E-state index contributed by atoms with van der Waals surface area (Å²) >= 11 is 0. The van der Waals surface area contributed by atoms with Crippen LogP contribution in [0.5, 0.6) is 0 Å². The van der Waals surface area contributed by atoms with Gasteiger partial charge in [0.25, 0.3) is 0 Å². The molecule has 1 aromatic rings. The molecule has 0 aliphatic rings. The first kappa shape index (κ1) is 15.9. The topological polar surface area (TPSA) is 55.1 Å². The van der Waals surface area contributed by atoms with Gasteiger partial charge in [0.1, 0.15) is 0 Å². The summed E-state index contributed by atoms with van der Waals surface area (Å²) in [7, 11) is 0. The molecule has 1 rings (SSSR count). The maximum Gasteiger partial charge on any atom is 0.236 e. The number of nitrogens with two attached hydrogens (primary N) is 1. The molecule has 96 valence electrons. The summed E-state index contributed by atoms with van der Waals surface area (Å²) in [5.41, 5.74) is 7.95. The van der Waals surface area contributed by atoms with E-state index in [-0.39, 0.29) is 18.3 Å². The molecule has 0 fully saturated rings. The maximum absolute atomic E-state index is 11.3. The zero-order valence-electron chi connectivity index (χ0n) is 10.6. The first-order chi connectivity index (χ1) is 7.50. The smallest absolute Gasteiger partial charge is 0.236 e. The Kier molecular flexibility index (Phi) is 6.85. The van der Waals surface area contributed by atoms with Crippen LogP contribution in [0, 0.1) is 6.92 Å². The van der Waals surface area contributed by atoms with E-state index < -0.39 is 6.04 Å². The van der Waals surface area contributed by atoms with Gasteiger partial charge in [0, 0.05) is 6.54 Å². The van der Waals surface area contributed by atoms with Crippen LogP contribution in [0.25, 0.3) is 0 Å². The SMILES string of the molecule is Cc1ccc(C(C)CNC(=O)[C@H](C)N)cc1.Cl. The van der Waals surface area contributed by atoms with Gasteiger partial charge >= 0.3 is 0 Å². The Hall–Kier alpha value is -1.06. The van der Waals surface area contributed by atoms with Crippen molar-refractivity contribution in [2.45, 2.75) is 32.7 Å². The molecule has 3 nitrogen and oxygen atoms in total. The number of rotatable bonds is 4. The molecule has 1 amide bonds. The zero-order chi connectivity index (χ0) is 12.1. The van der Waals surface area contributed by atoms with Gasteiger partial charge in [-0.1, -0.05) is 36.8 Å². The number of halogens is 1. The van der Waals surface area contributed by atoms with Crippen molar-refractivity contribution in [3.8, 4) is 0 Å². The normalized spacial score (nSPS) is 13.4. The van der Waals surface area contributed by atoms with Crippen molar-refractivity contribution < 1.29 is 4.79 Å². The molecule has 0 saturated carbocycles. The minimum atomic E-state index is -0.440. The summed E-state index contributed by atoms with van der Waals surface area (Å²) in [6.45, 7) is 6.47. The molecule has 3 N–H and O–H groups in total. The van der Waals surface area contributed by atoms with Gasteiger partial charge in [-0.15, -0.1) is 12.4 Å². The number of hydrogen-bond acceptors (Lipinski definition) is 2. The van der Waals surface area contributed by atoms with Crippen molar-refractivity contribution >= 4 is 18.3 Å². The molecule has 2 atom stereocenters. The summed E-state index contributed by atoms with van der Waals surface area (Å²) in [6.07, 6.45) is 0. The number of aryl methyl sites for hydroxylation is 1. The molecule has 0 radical (unpaired) electrons. The lowest BCUT2D eigenvalue weighted by molar-refractivity contribution is -0.122. The lowest BCUT2D eigenvalue weighted by atomic mass is 10.00. The number of carbonyl (C=O) groups excluding carboxylic acids is 1. The number of hydrogen-bond donors (Lipinski definition) is 2. The summed E-state index contributed by atoms with van der Waals surface area (Å²) in [4.78, 5) is 11.3. The van der Waals surface area contributed by atoms with E-state index >= 15 is 0 Å². The second-order valence-electron chi connectivity index (χ2n) is 4.35. The minimum Gasteiger partial charge on any atom is -0.354 e. The van der Waals surface area contributed by atoms with Crippen molar-refractivity contribution in [2.75, 3.05) is 6.54 Å². The zero-order valence-corrected chi connectivity index (χ0v) is 11.4. The summed E-state index contributed by atoms with van der Waals surface area (Å²) in [5.74, 6) is 0.210. The van der Waals surface area contributed by atoms with Crippen LogP contribution in [0.3, 0.4) is 0 Å². The Morgan fingerprint density at radius 1 is 1.29 bits per heavy atom. The van der Waals surface area contributed by atoms with Gasteiger partial charge in [0.15, 0.2) is 0 Å². The third kappa shape index (κ3) is 5.20. The Bertz CT molecular complexity index is 349. The highest BCUT2D eigenvalue weighted by atomic mass is 35.5. The molecular formula is C13H21ClN2O. The maximum atomic E-state index is 11.3. The number of benzene rings is 1. The largest absolute Gasteiger partial charge is 0.354 e. The number of carbonyl (C=O) groups is 1. The fraction of sp³-hybridized carbons (Fsp3) is 0.462. The van der Waals surface area contributed by atoms with E-state index in [1.54, 1.807) is 6.92 Å². The van der Waals surface area contributed by atoms with Crippen LogP contribution in [0.1, 0.15) is 30.9 Å². The van der Waals surface area contributed by atoms with E-state index in [0.29, 0.717) is 12.5 Å². The first-order valence-electron chi connectivity index (χ1n) is 5.60. The predicted octanol–water partition coefficient (Wildman–Crippen LogP) is 1.98. The van der Waals surface area contributed by atoms with E-state index in [1.807, 2.05) is 0 Å². The van der Waals surface area contributed by atoms with Crippen LogP contribution in [0.2, 0.25) is 0 Å². The monoisotopic (exact) mass is 256 g/mol. The quantitative estimate of drug-likeness (QED) is 0.866. The first-order valence-corrected chi connectivity index (χ1v) is 5.60. The Morgan fingerprint density at radius 2 is 1.82 bits per heavy atom. The van der Waals surface area contributed by atoms with Crippen LogP contribution in [-0.4, -0.2) is 18.5 Å². The van der Waals surface area contributed by atoms with Crippen LogP contribution < -0.4 is 11.1 Å². The highest BCUT2D eigenvalue weighted by molar-refractivity contribution is 5.85. The molecule has 0 aromatic heterocycles. The van der Waals surface area contributed by atoms with E-state index in [4.69, 9.17) is 5.73 Å². The van der Waals surface area contributed by atoms with Crippen LogP contribution >= 0.6 is 12.4 Å². The average molecular weight is 257 g/mol. The third-order valence-electron chi connectivity index (χ3n) is 2.64. The lowest BCUT2D eigenvalue weighted by Gasteiger charge is -2.14. The van der Waals surface area contributed by atoms with Crippen molar-refractivity contribution in [1.82, 2.24) is 5.32 Å². The van der Waals surface area contributed by atoms with Gasteiger partial charge in [-0.3, -0.25) is 4.79 Å². The molecule has 0 heterocycles. The van der Waals surface area contributed by atoms with Gasteiger partial charge in [-0.25, -0.2) is 0 Å². The number of amides is 1. The molecule has 17 heavy (non-hydrogen) atoms. The standard InChI is InChI=1S/C13H20N2O.ClH/c1-9-4-6-12(7-5-9)10(2)8-15-13(16)11(3)14;/h4-7,10-11H,8,14H2,1-3H3,(H,15,16);1H/t10?,11-;/m0./s1. The molecule has 4 heteroatoms. The van der Waals surface area contributed by atoms with Gasteiger partial charge < -0.3 is 11.1 Å². The Labute approximate surface area is 109 Å². The molecule has 0 bridgehead atoms. The van der Waals surface area contributed by atoms with Crippen molar-refractivity contribution in [3.05, 3.63) is 35.4 Å². The number of nitrogens with one attached hydrogen (secondary N) is 1. The molecule has 1 aromatic carbocycles. The second kappa shape index (κ2) is 7.30. The van der Waals surface area contributed by atoms with Crippen molar-refractivity contribution in [1.29, 1.82) is 0 Å². The van der Waals surface area contributed by atoms with Crippen LogP contribution in [0.15, 0.2) is 24.3 Å². The fourth-order valence-electron chi connectivity index (χ4n) is 1.43. The summed E-state index contributed by atoms with van der Waals surface area (Å²) in [6, 6.07) is 7.92. The van der Waals surface area contributed by atoms with Crippen molar-refractivity contribution in [3.63, 3.8) is 0 Å². The molecule has 0 aliphatic carbocycles. The van der Waals surface area contributed by atoms with Crippen LogP contribution in [-0.2, 0) is 4.79 Å². The highest BCUT2D eigenvalue weighted by Crippen LogP contribution is 2.14. The minimum absolute atomic E-state index is 0. The average Bonchev–Trinajstić information content (AvgIpc) is 2.26. The van der Waals surface area contributed by atoms with Gasteiger partial charge in [0.2, 0.25) is 5.91 Å². The van der Waals surface area contributed by atoms with E-state index in [9.17, 15) is 4.79 Å². The molecular weight excluding hydrogens is 236 g/mol. The predicted molar refractivity (Wildman–Crippen MR) is 73.5 cm³/mol. The van der Waals surface area contributed by atoms with E-state index in [0.717, 1.165) is 0 Å². The fourth-order valence-corrected chi connectivity index (χ4v) is 1.43. The van der Waals surface area contributed by atoms with Gasteiger partial charge in [-0.05, 0) is 25.3 Å². The summed E-state index contributed by atoms with van der Waals surface area (Å²) < 4.78 is 0. The van der Waals surface area contributed by atoms with Gasteiger partial charge in [0.05, 0.1) is 6.04 Å². The highest BCUT2D eigenvalue weighted by Gasteiger charge is 2.10. The van der Waals surface area contributed by atoms with E-state index in [1.165, 1.54) is 11.1 Å².